The summed E-state index contributed by atoms with van der Waals surface area (Å²) in [5, 5.41) is 11.6. The van der Waals surface area contributed by atoms with Gasteiger partial charge in [-0.3, -0.25) is 14.5 Å². The molecule has 1 aliphatic heterocycles. The van der Waals surface area contributed by atoms with Crippen molar-refractivity contribution >= 4 is 60.1 Å². The van der Waals surface area contributed by atoms with Crippen LogP contribution in [-0.2, 0) is 9.59 Å². The molecule has 0 spiro atoms. The second-order valence-electron chi connectivity index (χ2n) is 8.01. The highest BCUT2D eigenvalue weighted by Crippen LogP contribution is 2.44. The first-order chi connectivity index (χ1) is 17.4. The topological polar surface area (TPSA) is 89.0 Å². The molecule has 3 aromatic carbocycles. The molecule has 1 atom stereocenters. The summed E-state index contributed by atoms with van der Waals surface area (Å²) in [7, 11) is 1.58. The van der Waals surface area contributed by atoms with Crippen LogP contribution in [0.5, 0.6) is 11.5 Å². The third kappa shape index (κ3) is 4.25. The van der Waals surface area contributed by atoms with E-state index in [4.69, 9.17) is 9.47 Å². The molecule has 36 heavy (non-hydrogen) atoms. The van der Waals surface area contributed by atoms with Crippen LogP contribution in [0.15, 0.2) is 76.8 Å². The normalized spacial score (nSPS) is 17.1. The van der Waals surface area contributed by atoms with Crippen molar-refractivity contribution in [3.05, 3.63) is 87.9 Å². The highest BCUT2D eigenvalue weighted by Gasteiger charge is 2.48. The van der Waals surface area contributed by atoms with Crippen LogP contribution in [-0.4, -0.2) is 35.5 Å². The number of aliphatic hydroxyl groups excluding tert-OH is 1. The maximum Gasteiger partial charge on any atom is 0.301 e. The van der Waals surface area contributed by atoms with Gasteiger partial charge in [0.2, 0.25) is 0 Å². The van der Waals surface area contributed by atoms with Gasteiger partial charge in [-0.15, -0.1) is 0 Å². The van der Waals surface area contributed by atoms with E-state index in [-0.39, 0.29) is 11.3 Å². The van der Waals surface area contributed by atoms with Gasteiger partial charge in [-0.05, 0) is 67.1 Å². The molecule has 1 amide bonds. The summed E-state index contributed by atoms with van der Waals surface area (Å²) >= 11 is 4.71. The summed E-state index contributed by atoms with van der Waals surface area (Å²) in [4.78, 5) is 32.7. The summed E-state index contributed by atoms with van der Waals surface area (Å²) in [6, 6.07) is 18.6. The first-order valence-electron chi connectivity index (χ1n) is 11.2. The molecule has 4 aromatic rings. The van der Waals surface area contributed by atoms with Gasteiger partial charge >= 0.3 is 5.91 Å². The van der Waals surface area contributed by atoms with E-state index in [2.05, 4.69) is 20.9 Å². The molecule has 182 valence electrons. The van der Waals surface area contributed by atoms with E-state index >= 15 is 0 Å². The quantitative estimate of drug-likeness (QED) is 0.173. The van der Waals surface area contributed by atoms with Crippen LogP contribution in [0.1, 0.15) is 24.1 Å². The molecular weight excluding hydrogens is 544 g/mol. The zero-order chi connectivity index (χ0) is 25.4. The van der Waals surface area contributed by atoms with E-state index in [1.54, 1.807) is 43.5 Å². The highest BCUT2D eigenvalue weighted by molar-refractivity contribution is 9.10. The molecule has 1 N–H and O–H groups in total. The number of carbonyl (C=O) groups excluding carboxylic acids is 2. The van der Waals surface area contributed by atoms with E-state index in [0.717, 1.165) is 9.17 Å². The number of fused-ring (bicyclic) bond motifs is 1. The number of methoxy groups -OCH3 is 1. The van der Waals surface area contributed by atoms with Crippen LogP contribution < -0.4 is 14.4 Å². The van der Waals surface area contributed by atoms with Crippen molar-refractivity contribution in [1.82, 2.24) is 4.98 Å². The van der Waals surface area contributed by atoms with Crippen LogP contribution in [0.2, 0.25) is 0 Å². The number of amides is 1. The predicted octanol–water partition coefficient (Wildman–Crippen LogP) is 6.09. The summed E-state index contributed by atoms with van der Waals surface area (Å²) in [6.45, 7) is 2.39. The molecule has 9 heteroatoms. The number of aromatic nitrogens is 1. The van der Waals surface area contributed by atoms with Crippen LogP contribution in [0.25, 0.3) is 16.0 Å². The molecule has 1 unspecified atom stereocenters. The number of carbonyl (C=O) groups is 2. The molecule has 1 fully saturated rings. The minimum Gasteiger partial charge on any atom is -0.507 e. The van der Waals surface area contributed by atoms with Gasteiger partial charge in [0, 0.05) is 10.0 Å². The third-order valence-corrected chi connectivity index (χ3v) is 7.41. The Balaban J connectivity index is 1.67. The zero-order valence-electron chi connectivity index (χ0n) is 19.4. The number of ketones is 1. The lowest BCUT2D eigenvalue weighted by Crippen LogP contribution is -2.29. The van der Waals surface area contributed by atoms with Gasteiger partial charge in [-0.25, -0.2) is 4.98 Å². The fraction of sp³-hybridized carbons (Fsp3) is 0.148. The molecule has 1 aromatic heterocycles. The number of halogens is 1. The van der Waals surface area contributed by atoms with Crippen molar-refractivity contribution < 1.29 is 24.2 Å². The van der Waals surface area contributed by atoms with E-state index in [9.17, 15) is 14.7 Å². The number of aliphatic hydroxyl groups is 1. The Morgan fingerprint density at radius 2 is 1.75 bits per heavy atom. The molecular formula is C27H21BrN2O5S. The Labute approximate surface area is 219 Å². The molecule has 0 aliphatic carbocycles. The van der Waals surface area contributed by atoms with Crippen LogP contribution in [0, 0.1) is 0 Å². The van der Waals surface area contributed by atoms with E-state index in [1.165, 1.54) is 16.2 Å². The molecule has 2 heterocycles. The summed E-state index contributed by atoms with van der Waals surface area (Å²) in [6.07, 6.45) is 0. The van der Waals surface area contributed by atoms with Crippen molar-refractivity contribution in [1.29, 1.82) is 0 Å². The van der Waals surface area contributed by atoms with E-state index in [0.29, 0.717) is 39.9 Å². The monoisotopic (exact) mass is 564 g/mol. The Hall–Kier alpha value is -3.69. The van der Waals surface area contributed by atoms with Crippen LogP contribution in [0.3, 0.4) is 0 Å². The average Bonchev–Trinajstić information content (AvgIpc) is 3.42. The van der Waals surface area contributed by atoms with Crippen molar-refractivity contribution in [2.75, 3.05) is 18.6 Å². The van der Waals surface area contributed by atoms with E-state index < -0.39 is 17.7 Å². The van der Waals surface area contributed by atoms with Gasteiger partial charge in [-0.2, -0.15) is 0 Å². The van der Waals surface area contributed by atoms with Crippen LogP contribution >= 0.6 is 27.3 Å². The molecule has 7 nitrogen and oxygen atoms in total. The Morgan fingerprint density at radius 3 is 2.42 bits per heavy atom. The molecule has 0 radical (unpaired) electrons. The second kappa shape index (κ2) is 9.75. The lowest BCUT2D eigenvalue weighted by atomic mass is 9.95. The number of hydrogen-bond donors (Lipinski definition) is 1. The van der Waals surface area contributed by atoms with Gasteiger partial charge in [0.05, 0.1) is 35.5 Å². The van der Waals surface area contributed by atoms with Crippen molar-refractivity contribution in [3.63, 3.8) is 0 Å². The number of ether oxygens (including phenoxy) is 2. The zero-order valence-corrected chi connectivity index (χ0v) is 21.8. The van der Waals surface area contributed by atoms with Crippen molar-refractivity contribution in [2.45, 2.75) is 13.0 Å². The number of thiazole rings is 1. The first kappa shape index (κ1) is 24.0. The van der Waals surface area contributed by atoms with Gasteiger partial charge < -0.3 is 14.6 Å². The lowest BCUT2D eigenvalue weighted by molar-refractivity contribution is -0.132. The molecule has 1 saturated heterocycles. The maximum absolute atomic E-state index is 13.4. The van der Waals surface area contributed by atoms with Gasteiger partial charge in [-0.1, -0.05) is 39.4 Å². The Morgan fingerprint density at radius 1 is 1.06 bits per heavy atom. The standard InChI is InChI=1S/C27H21BrN2O5S/c1-3-35-18-10-6-16(7-11-18)24(31)22-23(15-4-8-17(28)9-5-15)30(26(33)25(22)32)27-29-20-13-12-19(34-2)14-21(20)36-27/h4-14,23,31H,3H2,1-2H3. The number of nitrogens with zero attached hydrogens (tertiary/aromatic N) is 2. The molecule has 1 aliphatic rings. The smallest absolute Gasteiger partial charge is 0.301 e. The minimum absolute atomic E-state index is 0.00307. The van der Waals surface area contributed by atoms with Gasteiger partial charge in [0.25, 0.3) is 5.78 Å². The largest absolute Gasteiger partial charge is 0.507 e. The molecule has 5 rings (SSSR count). The number of hydrogen-bond acceptors (Lipinski definition) is 7. The number of benzene rings is 3. The molecule has 0 bridgehead atoms. The average molecular weight is 565 g/mol. The first-order valence-corrected chi connectivity index (χ1v) is 12.8. The summed E-state index contributed by atoms with van der Waals surface area (Å²) in [5.74, 6) is -0.467. The van der Waals surface area contributed by atoms with Crippen molar-refractivity contribution in [3.8, 4) is 11.5 Å². The third-order valence-electron chi connectivity index (χ3n) is 5.86. The maximum atomic E-state index is 13.4. The summed E-state index contributed by atoms with van der Waals surface area (Å²) in [5.41, 5.74) is 1.76. The van der Waals surface area contributed by atoms with Crippen LogP contribution in [0.4, 0.5) is 5.13 Å². The highest BCUT2D eigenvalue weighted by atomic mass is 79.9. The fourth-order valence-electron chi connectivity index (χ4n) is 4.14. The van der Waals surface area contributed by atoms with Gasteiger partial charge in [0.15, 0.2) is 5.13 Å². The van der Waals surface area contributed by atoms with Gasteiger partial charge in [0.1, 0.15) is 17.3 Å². The predicted molar refractivity (Wildman–Crippen MR) is 143 cm³/mol. The Bertz CT molecular complexity index is 1500. The second-order valence-corrected chi connectivity index (χ2v) is 9.93. The minimum atomic E-state index is -0.855. The van der Waals surface area contributed by atoms with Crippen molar-refractivity contribution in [2.24, 2.45) is 0 Å². The number of rotatable bonds is 6. The molecule has 0 saturated carbocycles. The summed E-state index contributed by atoms with van der Waals surface area (Å²) < 4.78 is 12.4. The Kier molecular flexibility index (Phi) is 6.51. The number of Topliss-reactive ketones (excluding diaryl/α,β-unsaturated/α-hetero) is 1. The van der Waals surface area contributed by atoms with E-state index in [1.807, 2.05) is 37.3 Å². The lowest BCUT2D eigenvalue weighted by Gasteiger charge is -2.23. The number of anilines is 1. The SMILES string of the molecule is CCOc1ccc(C(O)=C2C(=O)C(=O)N(c3nc4ccc(OC)cc4s3)C2c2ccc(Br)cc2)cc1. The fourth-order valence-corrected chi connectivity index (χ4v) is 5.43.